The fraction of sp³-hybridized carbons (Fsp3) is 0.375. The third kappa shape index (κ3) is 4.30. The summed E-state index contributed by atoms with van der Waals surface area (Å²) in [6, 6.07) is 9.63. The van der Waals surface area contributed by atoms with Crippen molar-refractivity contribution in [2.75, 3.05) is 20.8 Å². The molecule has 2 heterocycles. The van der Waals surface area contributed by atoms with Crippen LogP contribution in [0.3, 0.4) is 0 Å². The molecule has 8 heteroatoms. The summed E-state index contributed by atoms with van der Waals surface area (Å²) in [4.78, 5) is 32.0. The zero-order valence-electron chi connectivity index (χ0n) is 18.2. The van der Waals surface area contributed by atoms with Crippen LogP contribution in [-0.4, -0.2) is 41.1 Å². The highest BCUT2D eigenvalue weighted by Crippen LogP contribution is 2.33. The van der Waals surface area contributed by atoms with E-state index in [1.54, 1.807) is 24.3 Å². The molecule has 0 radical (unpaired) electrons. The van der Waals surface area contributed by atoms with Crippen LogP contribution in [0.2, 0.25) is 0 Å². The van der Waals surface area contributed by atoms with Crippen LogP contribution in [0.25, 0.3) is 10.9 Å². The van der Waals surface area contributed by atoms with Gasteiger partial charge in [-0.1, -0.05) is 12.1 Å². The lowest BCUT2D eigenvalue weighted by atomic mass is 10.0. The number of halogens is 1. The van der Waals surface area contributed by atoms with Gasteiger partial charge in [0.1, 0.15) is 5.82 Å². The van der Waals surface area contributed by atoms with E-state index in [0.717, 1.165) is 18.4 Å². The Morgan fingerprint density at radius 1 is 1.16 bits per heavy atom. The number of fused-ring (bicyclic) bond motifs is 1. The van der Waals surface area contributed by atoms with Gasteiger partial charge in [-0.05, 0) is 43.0 Å². The standard InChI is InChI=1S/C24H26FN3O4/c1-31-21-13-18-19(14-22(21)32-2)26-15-27(24(18)30)11-4-6-23(29)28-12-3-5-20(28)16-7-9-17(25)10-8-16/h7-10,13-15,20H,3-6,11-12H2,1-2H3. The second-order valence-corrected chi connectivity index (χ2v) is 7.87. The molecule has 1 aromatic heterocycles. The molecule has 1 aliphatic heterocycles. The molecular weight excluding hydrogens is 413 g/mol. The molecule has 32 heavy (non-hydrogen) atoms. The maximum absolute atomic E-state index is 13.2. The van der Waals surface area contributed by atoms with E-state index in [0.29, 0.717) is 48.3 Å². The van der Waals surface area contributed by atoms with E-state index in [9.17, 15) is 14.0 Å². The van der Waals surface area contributed by atoms with Gasteiger partial charge in [0, 0.05) is 25.6 Å². The fourth-order valence-corrected chi connectivity index (χ4v) is 4.29. The quantitative estimate of drug-likeness (QED) is 0.561. The molecule has 3 aromatic rings. The lowest BCUT2D eigenvalue weighted by Crippen LogP contribution is -2.31. The number of hydrogen-bond acceptors (Lipinski definition) is 5. The van der Waals surface area contributed by atoms with Crippen molar-refractivity contribution in [3.05, 3.63) is 64.5 Å². The summed E-state index contributed by atoms with van der Waals surface area (Å²) in [6.07, 6.45) is 4.14. The van der Waals surface area contributed by atoms with Gasteiger partial charge in [-0.3, -0.25) is 14.2 Å². The Bertz CT molecular complexity index is 1180. The molecule has 1 amide bonds. The highest BCUT2D eigenvalue weighted by Gasteiger charge is 2.29. The summed E-state index contributed by atoms with van der Waals surface area (Å²) < 4.78 is 25.3. The summed E-state index contributed by atoms with van der Waals surface area (Å²) in [5, 5.41) is 0.437. The molecule has 0 spiro atoms. The van der Waals surface area contributed by atoms with Crippen molar-refractivity contribution in [2.45, 2.75) is 38.3 Å². The number of aromatic nitrogens is 2. The number of rotatable bonds is 7. The van der Waals surface area contributed by atoms with Gasteiger partial charge >= 0.3 is 0 Å². The van der Waals surface area contributed by atoms with E-state index in [2.05, 4.69) is 4.98 Å². The van der Waals surface area contributed by atoms with E-state index in [-0.39, 0.29) is 23.3 Å². The predicted molar refractivity (Wildman–Crippen MR) is 118 cm³/mol. The highest BCUT2D eigenvalue weighted by atomic mass is 19.1. The van der Waals surface area contributed by atoms with Crippen molar-refractivity contribution in [2.24, 2.45) is 0 Å². The van der Waals surface area contributed by atoms with Crippen molar-refractivity contribution in [1.82, 2.24) is 14.5 Å². The second kappa shape index (κ2) is 9.38. The first-order valence-corrected chi connectivity index (χ1v) is 10.7. The highest BCUT2D eigenvalue weighted by molar-refractivity contribution is 5.81. The largest absolute Gasteiger partial charge is 0.493 e. The Kier molecular flexibility index (Phi) is 6.39. The van der Waals surface area contributed by atoms with Crippen molar-refractivity contribution < 1.29 is 18.7 Å². The van der Waals surface area contributed by atoms with E-state index in [4.69, 9.17) is 9.47 Å². The summed E-state index contributed by atoms with van der Waals surface area (Å²) in [5.74, 6) is 0.740. The van der Waals surface area contributed by atoms with Crippen LogP contribution in [0.1, 0.15) is 37.3 Å². The van der Waals surface area contributed by atoms with Crippen LogP contribution >= 0.6 is 0 Å². The molecule has 168 valence electrons. The predicted octanol–water partition coefficient (Wildman–Crippen LogP) is 3.70. The molecule has 1 fully saturated rings. The number of carbonyl (C=O) groups is 1. The first kappa shape index (κ1) is 21.8. The van der Waals surface area contributed by atoms with Crippen LogP contribution in [0.5, 0.6) is 11.5 Å². The molecule has 1 unspecified atom stereocenters. The van der Waals surface area contributed by atoms with Crippen molar-refractivity contribution in [3.63, 3.8) is 0 Å². The van der Waals surface area contributed by atoms with E-state index >= 15 is 0 Å². The number of likely N-dealkylation sites (tertiary alicyclic amines) is 1. The summed E-state index contributed by atoms with van der Waals surface area (Å²) in [6.45, 7) is 1.08. The zero-order chi connectivity index (χ0) is 22.7. The van der Waals surface area contributed by atoms with Gasteiger partial charge in [0.2, 0.25) is 5.91 Å². The minimum Gasteiger partial charge on any atom is -0.493 e. The topological polar surface area (TPSA) is 73.7 Å². The number of benzene rings is 2. The Balaban J connectivity index is 1.43. The van der Waals surface area contributed by atoms with Gasteiger partial charge in [0.25, 0.3) is 5.56 Å². The van der Waals surface area contributed by atoms with Crippen molar-refractivity contribution >= 4 is 16.8 Å². The average Bonchev–Trinajstić information content (AvgIpc) is 3.30. The smallest absolute Gasteiger partial charge is 0.261 e. The Morgan fingerprint density at radius 2 is 1.88 bits per heavy atom. The molecule has 2 aromatic carbocycles. The maximum atomic E-state index is 13.2. The van der Waals surface area contributed by atoms with Gasteiger partial charge in [-0.2, -0.15) is 0 Å². The number of hydrogen-bond donors (Lipinski definition) is 0. The molecule has 0 aliphatic carbocycles. The third-order valence-electron chi connectivity index (χ3n) is 5.95. The molecular formula is C24H26FN3O4. The summed E-state index contributed by atoms with van der Waals surface area (Å²) in [5.41, 5.74) is 1.30. The minimum atomic E-state index is -0.282. The van der Waals surface area contributed by atoms with Crippen molar-refractivity contribution in [1.29, 1.82) is 0 Å². The Labute approximate surface area is 185 Å². The van der Waals surface area contributed by atoms with E-state index < -0.39 is 0 Å². The number of amides is 1. The lowest BCUT2D eigenvalue weighted by molar-refractivity contribution is -0.132. The first-order valence-electron chi connectivity index (χ1n) is 10.7. The first-order chi connectivity index (χ1) is 15.5. The molecule has 4 rings (SSSR count). The molecule has 7 nitrogen and oxygen atoms in total. The van der Waals surface area contributed by atoms with Gasteiger partial charge < -0.3 is 14.4 Å². The van der Waals surface area contributed by atoms with Gasteiger partial charge in [-0.15, -0.1) is 0 Å². The van der Waals surface area contributed by atoms with Crippen LogP contribution in [0.15, 0.2) is 47.5 Å². The van der Waals surface area contributed by atoms with Crippen molar-refractivity contribution in [3.8, 4) is 11.5 Å². The van der Waals surface area contributed by atoms with E-state index in [1.807, 2.05) is 4.90 Å². The molecule has 1 saturated heterocycles. The second-order valence-electron chi connectivity index (χ2n) is 7.87. The van der Waals surface area contributed by atoms with Crippen LogP contribution in [0.4, 0.5) is 4.39 Å². The zero-order valence-corrected chi connectivity index (χ0v) is 18.2. The Morgan fingerprint density at radius 3 is 2.59 bits per heavy atom. The molecule has 1 aliphatic rings. The van der Waals surface area contributed by atoms with Crippen LogP contribution in [-0.2, 0) is 11.3 Å². The minimum absolute atomic E-state index is 0.0180. The number of methoxy groups -OCH3 is 2. The number of carbonyl (C=O) groups excluding carboxylic acids is 1. The maximum Gasteiger partial charge on any atom is 0.261 e. The lowest BCUT2D eigenvalue weighted by Gasteiger charge is -2.25. The van der Waals surface area contributed by atoms with Gasteiger partial charge in [0.05, 0.1) is 37.5 Å². The summed E-state index contributed by atoms with van der Waals surface area (Å²) in [7, 11) is 3.05. The van der Waals surface area contributed by atoms with Gasteiger partial charge in [0.15, 0.2) is 11.5 Å². The SMILES string of the molecule is COc1cc2ncn(CCCC(=O)N3CCCC3c3ccc(F)cc3)c(=O)c2cc1OC. The molecule has 0 N–H and O–H groups in total. The van der Waals surface area contributed by atoms with Gasteiger partial charge in [-0.25, -0.2) is 9.37 Å². The monoisotopic (exact) mass is 439 g/mol. The fourth-order valence-electron chi connectivity index (χ4n) is 4.29. The number of nitrogens with zero attached hydrogens (tertiary/aromatic N) is 3. The number of aryl methyl sites for hydroxylation is 1. The number of ether oxygens (including phenoxy) is 2. The molecule has 1 atom stereocenters. The molecule has 0 saturated carbocycles. The molecule has 0 bridgehead atoms. The Hall–Kier alpha value is -3.42. The normalized spacial score (nSPS) is 15.8. The third-order valence-corrected chi connectivity index (χ3v) is 5.95. The van der Waals surface area contributed by atoms with E-state index in [1.165, 1.54) is 37.2 Å². The average molecular weight is 439 g/mol. The van der Waals surface area contributed by atoms with Crippen LogP contribution < -0.4 is 15.0 Å². The van der Waals surface area contributed by atoms with Crippen LogP contribution in [0, 0.1) is 5.82 Å². The summed E-state index contributed by atoms with van der Waals surface area (Å²) >= 11 is 0.